The number of amides is 1. The third-order valence-corrected chi connectivity index (χ3v) is 3.82. The number of aliphatic carboxylic acids is 1. The maximum atomic E-state index is 12.3. The van der Waals surface area contributed by atoms with Gasteiger partial charge in [-0.1, -0.05) is 25.5 Å². The molecule has 4 nitrogen and oxygen atoms in total. The molecule has 0 aliphatic carbocycles. The molecule has 1 amide bonds. The maximum Gasteiger partial charge on any atom is 0.326 e. The van der Waals surface area contributed by atoms with E-state index in [0.717, 1.165) is 25.7 Å². The topological polar surface area (TPSA) is 57.6 Å². The van der Waals surface area contributed by atoms with Gasteiger partial charge < -0.3 is 10.0 Å². The van der Waals surface area contributed by atoms with Gasteiger partial charge in [-0.15, -0.1) is 0 Å². The summed E-state index contributed by atoms with van der Waals surface area (Å²) < 4.78 is 0. The Morgan fingerprint density at radius 2 is 2.00 bits per heavy atom. The van der Waals surface area contributed by atoms with Crippen molar-refractivity contribution in [2.45, 2.75) is 45.1 Å². The van der Waals surface area contributed by atoms with E-state index in [1.54, 1.807) is 0 Å². The Morgan fingerprint density at radius 3 is 2.60 bits per heavy atom. The van der Waals surface area contributed by atoms with Crippen LogP contribution in [0.25, 0.3) is 0 Å². The van der Waals surface area contributed by atoms with Crippen LogP contribution in [0.4, 0.5) is 0 Å². The van der Waals surface area contributed by atoms with Gasteiger partial charge in [0.2, 0.25) is 0 Å². The molecule has 0 unspecified atom stereocenters. The maximum absolute atomic E-state index is 12.3. The molecule has 0 radical (unpaired) electrons. The molecule has 1 fully saturated rings. The molecule has 4 heteroatoms. The van der Waals surface area contributed by atoms with E-state index in [1.165, 1.54) is 10.5 Å². The number of carbonyl (C=O) groups is 2. The molecule has 0 bridgehead atoms. The summed E-state index contributed by atoms with van der Waals surface area (Å²) in [6.45, 7) is 2.69. The molecule has 1 atom stereocenters. The average molecular weight is 275 g/mol. The number of carbonyl (C=O) groups excluding carboxylic acids is 1. The second-order valence-corrected chi connectivity index (χ2v) is 5.30. The van der Waals surface area contributed by atoms with E-state index in [1.807, 2.05) is 24.3 Å². The molecule has 1 aromatic rings. The van der Waals surface area contributed by atoms with Crippen molar-refractivity contribution >= 4 is 11.9 Å². The fourth-order valence-corrected chi connectivity index (χ4v) is 2.63. The van der Waals surface area contributed by atoms with Crippen LogP contribution in [0, 0.1) is 0 Å². The fraction of sp³-hybridized carbons (Fsp3) is 0.500. The number of nitrogens with zero attached hydrogens (tertiary/aromatic N) is 1. The molecule has 1 aromatic carbocycles. The lowest BCUT2D eigenvalue weighted by Gasteiger charge is -2.21. The number of hydrogen-bond acceptors (Lipinski definition) is 2. The number of carboxylic acid groups (broad SMARTS) is 1. The van der Waals surface area contributed by atoms with Crippen molar-refractivity contribution in [3.8, 4) is 0 Å². The van der Waals surface area contributed by atoms with Gasteiger partial charge in [-0.05, 0) is 43.4 Å². The predicted molar refractivity (Wildman–Crippen MR) is 76.7 cm³/mol. The van der Waals surface area contributed by atoms with Crippen LogP contribution >= 0.6 is 0 Å². The number of aryl methyl sites for hydroxylation is 1. The second-order valence-electron chi connectivity index (χ2n) is 5.30. The Balaban J connectivity index is 2.07. The van der Waals surface area contributed by atoms with Gasteiger partial charge in [-0.3, -0.25) is 4.79 Å². The summed E-state index contributed by atoms with van der Waals surface area (Å²) >= 11 is 0. The first kappa shape index (κ1) is 14.6. The summed E-state index contributed by atoms with van der Waals surface area (Å²) in [5.74, 6) is -1.08. The van der Waals surface area contributed by atoms with Crippen molar-refractivity contribution in [3.05, 3.63) is 35.4 Å². The minimum Gasteiger partial charge on any atom is -0.480 e. The van der Waals surface area contributed by atoms with Gasteiger partial charge in [-0.2, -0.15) is 0 Å². The predicted octanol–water partition coefficient (Wildman–Crippen LogP) is 2.72. The monoisotopic (exact) mass is 275 g/mol. The van der Waals surface area contributed by atoms with Crippen LogP contribution < -0.4 is 0 Å². The molecular weight excluding hydrogens is 254 g/mol. The minimum absolute atomic E-state index is 0.169. The third kappa shape index (κ3) is 3.18. The second kappa shape index (κ2) is 6.55. The first-order valence-corrected chi connectivity index (χ1v) is 7.26. The molecular formula is C16H21NO3. The van der Waals surface area contributed by atoms with Crippen LogP contribution in [0.3, 0.4) is 0 Å². The van der Waals surface area contributed by atoms with Crippen LogP contribution in [0.15, 0.2) is 24.3 Å². The van der Waals surface area contributed by atoms with E-state index in [-0.39, 0.29) is 5.91 Å². The molecule has 20 heavy (non-hydrogen) atoms. The molecule has 108 valence electrons. The smallest absolute Gasteiger partial charge is 0.326 e. The number of unbranched alkanes of at least 4 members (excludes halogenated alkanes) is 1. The quantitative estimate of drug-likeness (QED) is 0.899. The number of hydrogen-bond donors (Lipinski definition) is 1. The van der Waals surface area contributed by atoms with Crippen molar-refractivity contribution in [2.24, 2.45) is 0 Å². The number of likely N-dealkylation sites (tertiary alicyclic amines) is 1. The fourth-order valence-electron chi connectivity index (χ4n) is 2.63. The lowest BCUT2D eigenvalue weighted by atomic mass is 10.1. The molecule has 0 saturated carbocycles. The molecule has 1 saturated heterocycles. The van der Waals surface area contributed by atoms with E-state index < -0.39 is 12.0 Å². The number of rotatable bonds is 5. The van der Waals surface area contributed by atoms with Crippen LogP contribution in [-0.2, 0) is 11.2 Å². The Kier molecular flexibility index (Phi) is 4.77. The van der Waals surface area contributed by atoms with Crippen molar-refractivity contribution in [2.75, 3.05) is 6.54 Å². The average Bonchev–Trinajstić information content (AvgIpc) is 2.94. The molecule has 0 aromatic heterocycles. The third-order valence-electron chi connectivity index (χ3n) is 3.82. The highest BCUT2D eigenvalue weighted by molar-refractivity contribution is 5.97. The van der Waals surface area contributed by atoms with Gasteiger partial charge in [0.25, 0.3) is 5.91 Å². The van der Waals surface area contributed by atoms with Gasteiger partial charge in [0, 0.05) is 12.1 Å². The number of carboxylic acids is 1. The molecule has 1 aliphatic heterocycles. The van der Waals surface area contributed by atoms with Crippen LogP contribution in [-0.4, -0.2) is 34.5 Å². The lowest BCUT2D eigenvalue weighted by molar-refractivity contribution is -0.141. The summed E-state index contributed by atoms with van der Waals surface area (Å²) in [4.78, 5) is 25.0. The van der Waals surface area contributed by atoms with Crippen molar-refractivity contribution in [3.63, 3.8) is 0 Å². The highest BCUT2D eigenvalue weighted by atomic mass is 16.4. The van der Waals surface area contributed by atoms with Crippen LogP contribution in [0.1, 0.15) is 48.5 Å². The number of benzene rings is 1. The minimum atomic E-state index is -0.907. The van der Waals surface area contributed by atoms with E-state index in [0.29, 0.717) is 18.5 Å². The largest absolute Gasteiger partial charge is 0.480 e. The van der Waals surface area contributed by atoms with Crippen LogP contribution in [0.5, 0.6) is 0 Å². The molecule has 1 heterocycles. The van der Waals surface area contributed by atoms with Gasteiger partial charge in [0.15, 0.2) is 0 Å². The molecule has 1 aliphatic rings. The molecule has 2 rings (SSSR count). The van der Waals surface area contributed by atoms with E-state index in [4.69, 9.17) is 5.11 Å². The normalized spacial score (nSPS) is 18.2. The summed E-state index contributed by atoms with van der Waals surface area (Å²) in [7, 11) is 0. The summed E-state index contributed by atoms with van der Waals surface area (Å²) in [6.07, 6.45) is 4.62. The standard InChI is InChI=1S/C16H21NO3/c1-2-3-5-12-7-9-13(10-8-12)15(18)17-11-4-6-14(17)16(19)20/h7-10,14H,2-6,11H2,1H3,(H,19,20)/t14-/m0/s1. The zero-order valence-corrected chi connectivity index (χ0v) is 11.8. The van der Waals surface area contributed by atoms with Gasteiger partial charge in [-0.25, -0.2) is 4.79 Å². The van der Waals surface area contributed by atoms with E-state index in [9.17, 15) is 9.59 Å². The van der Waals surface area contributed by atoms with E-state index in [2.05, 4.69) is 6.92 Å². The van der Waals surface area contributed by atoms with E-state index >= 15 is 0 Å². The van der Waals surface area contributed by atoms with Crippen molar-refractivity contribution < 1.29 is 14.7 Å². The summed E-state index contributed by atoms with van der Waals surface area (Å²) in [5.41, 5.74) is 1.80. The van der Waals surface area contributed by atoms with Crippen molar-refractivity contribution in [1.82, 2.24) is 4.90 Å². The first-order valence-electron chi connectivity index (χ1n) is 7.26. The van der Waals surface area contributed by atoms with Gasteiger partial charge >= 0.3 is 5.97 Å². The van der Waals surface area contributed by atoms with Crippen molar-refractivity contribution in [1.29, 1.82) is 0 Å². The zero-order chi connectivity index (χ0) is 14.5. The highest BCUT2D eigenvalue weighted by Crippen LogP contribution is 2.20. The summed E-state index contributed by atoms with van der Waals surface area (Å²) in [6, 6.07) is 6.89. The van der Waals surface area contributed by atoms with Crippen LogP contribution in [0.2, 0.25) is 0 Å². The van der Waals surface area contributed by atoms with Gasteiger partial charge in [0.05, 0.1) is 0 Å². The first-order chi connectivity index (χ1) is 9.63. The molecule has 1 N–H and O–H groups in total. The summed E-state index contributed by atoms with van der Waals surface area (Å²) in [5, 5.41) is 9.13. The Labute approximate surface area is 119 Å². The molecule has 0 spiro atoms. The Bertz CT molecular complexity index is 481. The Hall–Kier alpha value is -1.84. The Morgan fingerprint density at radius 1 is 1.30 bits per heavy atom. The lowest BCUT2D eigenvalue weighted by Crippen LogP contribution is -2.40. The highest BCUT2D eigenvalue weighted by Gasteiger charge is 2.34. The SMILES string of the molecule is CCCCc1ccc(C(=O)N2CCC[C@H]2C(=O)O)cc1. The van der Waals surface area contributed by atoms with Gasteiger partial charge in [0.1, 0.15) is 6.04 Å². The zero-order valence-electron chi connectivity index (χ0n) is 11.8.